The molecular formula is C22H22F3N3O. The number of hydrogen-bond donors (Lipinski definition) is 2. The van der Waals surface area contributed by atoms with E-state index in [0.717, 1.165) is 5.56 Å². The number of alkyl halides is 3. The molecule has 2 N–H and O–H groups in total. The van der Waals surface area contributed by atoms with Crippen molar-refractivity contribution in [3.63, 3.8) is 0 Å². The van der Waals surface area contributed by atoms with Gasteiger partial charge in [0.15, 0.2) is 5.60 Å². The maximum absolute atomic E-state index is 14.2. The van der Waals surface area contributed by atoms with E-state index in [1.54, 1.807) is 57.3 Å². The number of hydrogen-bond acceptors (Lipinski definition) is 4. The molecule has 0 aliphatic heterocycles. The van der Waals surface area contributed by atoms with E-state index < -0.39 is 29.7 Å². The molecule has 0 fully saturated rings. The number of aromatic nitrogens is 2. The Morgan fingerprint density at radius 3 is 2.55 bits per heavy atom. The topological polar surface area (TPSA) is 58.0 Å². The van der Waals surface area contributed by atoms with Gasteiger partial charge in [-0.05, 0) is 42.0 Å². The summed E-state index contributed by atoms with van der Waals surface area (Å²) in [6, 6.07) is 10.8. The summed E-state index contributed by atoms with van der Waals surface area (Å²) in [5.74, 6) is 0.575. The van der Waals surface area contributed by atoms with Crippen LogP contribution in [0.3, 0.4) is 0 Å². The van der Waals surface area contributed by atoms with E-state index in [9.17, 15) is 18.3 Å². The normalized spacial score (nSPS) is 23.6. The van der Waals surface area contributed by atoms with Gasteiger partial charge in [-0.2, -0.15) is 13.2 Å². The van der Waals surface area contributed by atoms with Crippen molar-refractivity contribution >= 4 is 16.6 Å². The van der Waals surface area contributed by atoms with Crippen LogP contribution in [0.2, 0.25) is 0 Å². The van der Waals surface area contributed by atoms with E-state index >= 15 is 0 Å². The van der Waals surface area contributed by atoms with Crippen molar-refractivity contribution < 1.29 is 18.3 Å². The molecule has 4 rings (SSSR count). The molecule has 1 heterocycles. The highest BCUT2D eigenvalue weighted by Gasteiger charge is 2.63. The van der Waals surface area contributed by atoms with Crippen molar-refractivity contribution in [2.75, 3.05) is 5.32 Å². The Morgan fingerprint density at radius 1 is 1.10 bits per heavy atom. The van der Waals surface area contributed by atoms with E-state index in [2.05, 4.69) is 15.3 Å². The van der Waals surface area contributed by atoms with Crippen molar-refractivity contribution in [2.24, 2.45) is 0 Å². The largest absolute Gasteiger partial charge is 0.419 e. The first-order valence-electron chi connectivity index (χ1n) is 9.40. The number of aryl methyl sites for hydroxylation is 1. The fourth-order valence-electron chi connectivity index (χ4n) is 4.38. The van der Waals surface area contributed by atoms with Crippen molar-refractivity contribution in [1.29, 1.82) is 0 Å². The second kappa shape index (κ2) is 6.42. The highest BCUT2D eigenvalue weighted by molar-refractivity contribution is 5.91. The van der Waals surface area contributed by atoms with Gasteiger partial charge in [-0.3, -0.25) is 0 Å². The first-order chi connectivity index (χ1) is 13.5. The molecule has 1 aromatic heterocycles. The molecule has 0 radical (unpaired) electrons. The molecule has 152 valence electrons. The summed E-state index contributed by atoms with van der Waals surface area (Å²) in [6.07, 6.45) is -3.67. The Bertz CT molecular complexity index is 1080. The van der Waals surface area contributed by atoms with Crippen molar-refractivity contribution in [3.8, 4) is 0 Å². The Kier molecular flexibility index (Phi) is 4.35. The standard InChI is InChI=1S/C22H22F3N3O/c1-13-26-11-15-17(27-13)9-6-10-18(15)28-19-14-7-4-5-8-16(14)20(2,3)12-21(19,29)22(23,24)25/h4-11,19,28-29H,12H2,1-3H3/t19-,21+/m0/s1. The summed E-state index contributed by atoms with van der Waals surface area (Å²) in [6.45, 7) is 5.21. The van der Waals surface area contributed by atoms with Gasteiger partial charge in [-0.15, -0.1) is 0 Å². The summed E-state index contributed by atoms with van der Waals surface area (Å²) in [5.41, 5.74) is -1.46. The van der Waals surface area contributed by atoms with E-state index in [4.69, 9.17) is 0 Å². The van der Waals surface area contributed by atoms with E-state index in [-0.39, 0.29) is 0 Å². The fourth-order valence-corrected chi connectivity index (χ4v) is 4.38. The quantitative estimate of drug-likeness (QED) is 0.630. The number of halogens is 3. The van der Waals surface area contributed by atoms with Crippen molar-refractivity contribution in [1.82, 2.24) is 9.97 Å². The lowest BCUT2D eigenvalue weighted by Crippen LogP contribution is -2.58. The average molecular weight is 401 g/mol. The Balaban J connectivity index is 1.90. The highest BCUT2D eigenvalue weighted by atomic mass is 19.4. The van der Waals surface area contributed by atoms with Gasteiger partial charge in [0.2, 0.25) is 0 Å². The highest BCUT2D eigenvalue weighted by Crippen LogP contribution is 2.54. The Morgan fingerprint density at radius 2 is 1.83 bits per heavy atom. The van der Waals surface area contributed by atoms with E-state index in [0.29, 0.717) is 28.0 Å². The zero-order valence-electron chi connectivity index (χ0n) is 16.4. The van der Waals surface area contributed by atoms with Gasteiger partial charge in [0, 0.05) is 17.3 Å². The first kappa shape index (κ1) is 19.6. The molecule has 0 spiro atoms. The van der Waals surface area contributed by atoms with Crippen molar-refractivity contribution in [2.45, 2.75) is 50.4 Å². The zero-order chi connectivity index (χ0) is 21.0. The minimum atomic E-state index is -4.81. The average Bonchev–Trinajstić information content (AvgIpc) is 2.63. The first-order valence-corrected chi connectivity index (χ1v) is 9.40. The molecule has 1 aliphatic rings. The van der Waals surface area contributed by atoms with Crippen LogP contribution >= 0.6 is 0 Å². The lowest BCUT2D eigenvalue weighted by Gasteiger charge is -2.49. The van der Waals surface area contributed by atoms with E-state index in [1.165, 1.54) is 0 Å². The summed E-state index contributed by atoms with van der Waals surface area (Å²) >= 11 is 0. The van der Waals surface area contributed by atoms with Gasteiger partial charge in [0.05, 0.1) is 11.6 Å². The summed E-state index contributed by atoms with van der Waals surface area (Å²) < 4.78 is 42.5. The predicted octanol–water partition coefficient (Wildman–Crippen LogP) is 5.07. The maximum Gasteiger partial charge on any atom is 0.419 e. The molecular weight excluding hydrogens is 379 g/mol. The second-order valence-electron chi connectivity index (χ2n) is 8.30. The number of fused-ring (bicyclic) bond motifs is 2. The number of nitrogens with one attached hydrogen (secondary N) is 1. The van der Waals surface area contributed by atoms with Crippen molar-refractivity contribution in [3.05, 3.63) is 65.6 Å². The maximum atomic E-state index is 14.2. The zero-order valence-corrected chi connectivity index (χ0v) is 16.4. The molecule has 0 bridgehead atoms. The molecule has 29 heavy (non-hydrogen) atoms. The molecule has 1 aliphatic carbocycles. The third-order valence-electron chi connectivity index (χ3n) is 5.73. The molecule has 4 nitrogen and oxygen atoms in total. The van der Waals surface area contributed by atoms with Crippen LogP contribution in [0.4, 0.5) is 18.9 Å². The molecule has 7 heteroatoms. The summed E-state index contributed by atoms with van der Waals surface area (Å²) in [5, 5.41) is 14.6. The van der Waals surface area contributed by atoms with Crippen LogP contribution in [-0.2, 0) is 5.41 Å². The van der Waals surface area contributed by atoms with Gasteiger partial charge in [0.1, 0.15) is 5.82 Å². The molecule has 3 aromatic rings. The number of aliphatic hydroxyl groups is 1. The molecule has 2 aromatic carbocycles. The van der Waals surface area contributed by atoms with Crippen LogP contribution < -0.4 is 5.32 Å². The van der Waals surface area contributed by atoms with Gasteiger partial charge < -0.3 is 10.4 Å². The van der Waals surface area contributed by atoms with Crippen LogP contribution in [0.5, 0.6) is 0 Å². The van der Waals surface area contributed by atoms with Crippen LogP contribution in [-0.4, -0.2) is 26.9 Å². The third kappa shape index (κ3) is 3.13. The number of benzene rings is 2. The molecule has 0 saturated heterocycles. The van der Waals surface area contributed by atoms with Crippen LogP contribution in [0.25, 0.3) is 10.9 Å². The third-order valence-corrected chi connectivity index (χ3v) is 5.73. The van der Waals surface area contributed by atoms with Gasteiger partial charge in [0.25, 0.3) is 0 Å². The molecule has 0 unspecified atom stereocenters. The lowest BCUT2D eigenvalue weighted by atomic mass is 9.63. The molecule has 0 saturated carbocycles. The van der Waals surface area contributed by atoms with Crippen LogP contribution in [0, 0.1) is 6.92 Å². The van der Waals surface area contributed by atoms with Crippen LogP contribution in [0.1, 0.15) is 43.3 Å². The fraction of sp³-hybridized carbons (Fsp3) is 0.364. The number of rotatable bonds is 2. The monoisotopic (exact) mass is 401 g/mol. The Labute approximate surface area is 166 Å². The second-order valence-corrected chi connectivity index (χ2v) is 8.30. The number of anilines is 1. The predicted molar refractivity (Wildman–Crippen MR) is 106 cm³/mol. The minimum absolute atomic E-state index is 0.439. The molecule has 2 atom stereocenters. The Hall–Kier alpha value is -2.67. The minimum Gasteiger partial charge on any atom is -0.379 e. The lowest BCUT2D eigenvalue weighted by molar-refractivity contribution is -0.275. The smallest absolute Gasteiger partial charge is 0.379 e. The SMILES string of the molecule is Cc1ncc2c(N[C@H]3c4ccccc4C(C)(C)C[C@]3(O)C(F)(F)F)cccc2n1. The summed E-state index contributed by atoms with van der Waals surface area (Å²) in [7, 11) is 0. The van der Waals surface area contributed by atoms with Crippen LogP contribution in [0.15, 0.2) is 48.7 Å². The van der Waals surface area contributed by atoms with E-state index in [1.807, 2.05) is 12.1 Å². The van der Waals surface area contributed by atoms with Gasteiger partial charge in [-0.25, -0.2) is 9.97 Å². The molecule has 0 amide bonds. The van der Waals surface area contributed by atoms with Gasteiger partial charge >= 0.3 is 6.18 Å². The summed E-state index contributed by atoms with van der Waals surface area (Å²) in [4.78, 5) is 8.52. The van der Waals surface area contributed by atoms with Gasteiger partial charge in [-0.1, -0.05) is 44.2 Å². The number of nitrogens with zero attached hydrogens (tertiary/aromatic N) is 2.